The number of aromatic nitrogens is 1. The Labute approximate surface area is 112 Å². The summed E-state index contributed by atoms with van der Waals surface area (Å²) < 4.78 is 0. The summed E-state index contributed by atoms with van der Waals surface area (Å²) in [5.74, 6) is -0.131. The zero-order valence-electron chi connectivity index (χ0n) is 10.2. The molecule has 0 unspecified atom stereocenters. The van der Waals surface area contributed by atoms with Crippen molar-refractivity contribution in [3.05, 3.63) is 29.0 Å². The first kappa shape index (κ1) is 13.3. The third kappa shape index (κ3) is 2.82. The molecule has 1 N–H and O–H groups in total. The Morgan fingerprint density at radius 1 is 1.50 bits per heavy atom. The van der Waals surface area contributed by atoms with Gasteiger partial charge in [0.05, 0.1) is 12.2 Å². The number of halogens is 1. The molecule has 0 aromatic carbocycles. The molecule has 0 aliphatic heterocycles. The van der Waals surface area contributed by atoms with Crippen LogP contribution in [0.15, 0.2) is 18.3 Å². The van der Waals surface area contributed by atoms with Crippen molar-refractivity contribution in [2.24, 2.45) is 0 Å². The summed E-state index contributed by atoms with van der Waals surface area (Å²) in [5, 5.41) is 9.35. The highest BCUT2D eigenvalue weighted by Crippen LogP contribution is 2.25. The van der Waals surface area contributed by atoms with Gasteiger partial charge < -0.3 is 10.0 Å². The Morgan fingerprint density at radius 3 is 2.83 bits per heavy atom. The van der Waals surface area contributed by atoms with Crippen molar-refractivity contribution < 1.29 is 9.90 Å². The summed E-state index contributed by atoms with van der Waals surface area (Å²) >= 11 is 5.95. The van der Waals surface area contributed by atoms with E-state index in [-0.39, 0.29) is 23.7 Å². The fraction of sp³-hybridized carbons (Fsp3) is 0.538. The number of hydrogen-bond donors (Lipinski definition) is 1. The Bertz CT molecular complexity index is 419. The lowest BCUT2D eigenvalue weighted by molar-refractivity contribution is 0.0638. The average molecular weight is 269 g/mol. The first-order chi connectivity index (χ1) is 8.74. The Balaban J connectivity index is 2.20. The van der Waals surface area contributed by atoms with Crippen LogP contribution in [0.25, 0.3) is 0 Å². The molecule has 2 rings (SSSR count). The zero-order chi connectivity index (χ0) is 13.0. The van der Waals surface area contributed by atoms with Gasteiger partial charge in [0, 0.05) is 18.8 Å². The number of rotatable bonds is 4. The van der Waals surface area contributed by atoms with E-state index in [1.54, 1.807) is 23.2 Å². The molecule has 0 saturated heterocycles. The second-order valence-corrected chi connectivity index (χ2v) is 4.86. The van der Waals surface area contributed by atoms with Crippen LogP contribution < -0.4 is 0 Å². The van der Waals surface area contributed by atoms with E-state index in [2.05, 4.69) is 4.98 Å². The van der Waals surface area contributed by atoms with Crippen molar-refractivity contribution in [2.45, 2.75) is 31.7 Å². The van der Waals surface area contributed by atoms with E-state index in [0.717, 1.165) is 25.7 Å². The van der Waals surface area contributed by atoms with Crippen LogP contribution in [0.1, 0.15) is 36.0 Å². The third-order valence-electron chi connectivity index (χ3n) is 3.36. The van der Waals surface area contributed by atoms with Crippen molar-refractivity contribution in [3.63, 3.8) is 0 Å². The molecule has 1 amide bonds. The van der Waals surface area contributed by atoms with Gasteiger partial charge in [-0.3, -0.25) is 4.79 Å². The number of carbonyl (C=O) groups excluding carboxylic acids is 1. The van der Waals surface area contributed by atoms with Crippen molar-refractivity contribution in [3.8, 4) is 0 Å². The van der Waals surface area contributed by atoms with Crippen LogP contribution in [0.3, 0.4) is 0 Å². The maximum absolute atomic E-state index is 12.4. The topological polar surface area (TPSA) is 53.4 Å². The van der Waals surface area contributed by atoms with Crippen LogP contribution in [-0.4, -0.2) is 40.1 Å². The Hall–Kier alpha value is -1.13. The number of hydrogen-bond acceptors (Lipinski definition) is 3. The maximum Gasteiger partial charge on any atom is 0.257 e. The van der Waals surface area contributed by atoms with Gasteiger partial charge in [0.2, 0.25) is 0 Å². The minimum atomic E-state index is -0.131. The fourth-order valence-electron chi connectivity index (χ4n) is 2.47. The molecule has 0 bridgehead atoms. The predicted octanol–water partition coefficient (Wildman–Crippen LogP) is 2.11. The molecule has 0 spiro atoms. The van der Waals surface area contributed by atoms with Crippen LogP contribution in [0.5, 0.6) is 0 Å². The summed E-state index contributed by atoms with van der Waals surface area (Å²) in [5.41, 5.74) is 0.416. The Morgan fingerprint density at radius 2 is 2.22 bits per heavy atom. The van der Waals surface area contributed by atoms with Crippen LogP contribution in [0, 0.1) is 0 Å². The van der Waals surface area contributed by atoms with Gasteiger partial charge in [0.1, 0.15) is 5.15 Å². The van der Waals surface area contributed by atoms with Crippen molar-refractivity contribution >= 4 is 17.5 Å². The molecule has 4 nitrogen and oxygen atoms in total. The summed E-state index contributed by atoms with van der Waals surface area (Å²) in [6, 6.07) is 3.60. The molecule has 18 heavy (non-hydrogen) atoms. The number of amides is 1. The summed E-state index contributed by atoms with van der Waals surface area (Å²) in [4.78, 5) is 18.1. The molecule has 1 fully saturated rings. The largest absolute Gasteiger partial charge is 0.395 e. The van der Waals surface area contributed by atoms with Gasteiger partial charge >= 0.3 is 0 Å². The lowest BCUT2D eigenvalue weighted by Gasteiger charge is -2.28. The van der Waals surface area contributed by atoms with E-state index in [0.29, 0.717) is 12.1 Å². The monoisotopic (exact) mass is 268 g/mol. The molecule has 98 valence electrons. The third-order valence-corrected chi connectivity index (χ3v) is 3.66. The van der Waals surface area contributed by atoms with Gasteiger partial charge in [-0.05, 0) is 25.0 Å². The molecule has 1 aromatic heterocycles. The number of aliphatic hydroxyl groups excluding tert-OH is 1. The maximum atomic E-state index is 12.4. The van der Waals surface area contributed by atoms with E-state index < -0.39 is 0 Å². The Kier molecular flexibility index (Phi) is 4.55. The van der Waals surface area contributed by atoms with Crippen molar-refractivity contribution in [1.82, 2.24) is 9.88 Å². The van der Waals surface area contributed by atoms with Gasteiger partial charge in [-0.15, -0.1) is 0 Å². The summed E-state index contributed by atoms with van der Waals surface area (Å²) in [7, 11) is 0. The average Bonchev–Trinajstić information content (AvgIpc) is 2.89. The number of aliphatic hydroxyl groups is 1. The molecule has 1 aliphatic carbocycles. The summed E-state index contributed by atoms with van der Waals surface area (Å²) in [6.07, 6.45) is 5.85. The standard InChI is InChI=1S/C13H17ClN2O2/c14-12-11(6-3-7-15-12)13(18)16(8-9-17)10-4-1-2-5-10/h3,6-7,10,17H,1-2,4-5,8-9H2. The molecular formula is C13H17ClN2O2. The first-order valence-corrected chi connectivity index (χ1v) is 6.64. The molecule has 5 heteroatoms. The minimum absolute atomic E-state index is 0.0277. The SMILES string of the molecule is O=C(c1cccnc1Cl)N(CCO)C1CCCC1. The molecule has 1 aromatic rings. The first-order valence-electron chi connectivity index (χ1n) is 6.26. The number of carbonyl (C=O) groups is 1. The predicted molar refractivity (Wildman–Crippen MR) is 69.6 cm³/mol. The van der Waals surface area contributed by atoms with Crippen molar-refractivity contribution in [2.75, 3.05) is 13.2 Å². The van der Waals surface area contributed by atoms with Crippen LogP contribution in [-0.2, 0) is 0 Å². The molecule has 1 saturated carbocycles. The molecule has 0 radical (unpaired) electrons. The molecular weight excluding hydrogens is 252 g/mol. The van der Waals surface area contributed by atoms with Crippen molar-refractivity contribution in [1.29, 1.82) is 0 Å². The van der Waals surface area contributed by atoms with E-state index >= 15 is 0 Å². The second-order valence-electron chi connectivity index (χ2n) is 4.50. The van der Waals surface area contributed by atoms with Gasteiger partial charge in [0.15, 0.2) is 0 Å². The van der Waals surface area contributed by atoms with Gasteiger partial charge in [0.25, 0.3) is 5.91 Å². The normalized spacial score (nSPS) is 15.9. The van der Waals surface area contributed by atoms with Gasteiger partial charge in [-0.1, -0.05) is 24.4 Å². The summed E-state index contributed by atoms with van der Waals surface area (Å²) in [6.45, 7) is 0.328. The van der Waals surface area contributed by atoms with E-state index in [1.807, 2.05) is 0 Å². The number of nitrogens with zero attached hydrogens (tertiary/aromatic N) is 2. The molecule has 1 aliphatic rings. The molecule has 1 heterocycles. The highest BCUT2D eigenvalue weighted by atomic mass is 35.5. The lowest BCUT2D eigenvalue weighted by atomic mass is 10.1. The van der Waals surface area contributed by atoms with Gasteiger partial charge in [-0.25, -0.2) is 4.98 Å². The highest BCUT2D eigenvalue weighted by Gasteiger charge is 2.28. The minimum Gasteiger partial charge on any atom is -0.395 e. The highest BCUT2D eigenvalue weighted by molar-refractivity contribution is 6.32. The zero-order valence-corrected chi connectivity index (χ0v) is 10.9. The van der Waals surface area contributed by atoms with Crippen LogP contribution in [0.2, 0.25) is 5.15 Å². The quantitative estimate of drug-likeness (QED) is 0.851. The van der Waals surface area contributed by atoms with E-state index in [9.17, 15) is 4.79 Å². The van der Waals surface area contributed by atoms with E-state index in [4.69, 9.17) is 16.7 Å². The smallest absolute Gasteiger partial charge is 0.257 e. The second kappa shape index (κ2) is 6.16. The van der Waals surface area contributed by atoms with Crippen LogP contribution in [0.4, 0.5) is 0 Å². The van der Waals surface area contributed by atoms with Gasteiger partial charge in [-0.2, -0.15) is 0 Å². The number of pyridine rings is 1. The lowest BCUT2D eigenvalue weighted by Crippen LogP contribution is -2.40. The molecule has 0 atom stereocenters. The van der Waals surface area contributed by atoms with Crippen LogP contribution >= 0.6 is 11.6 Å². The van der Waals surface area contributed by atoms with E-state index in [1.165, 1.54) is 0 Å². The fourth-order valence-corrected chi connectivity index (χ4v) is 2.67.